The number of fused-ring (bicyclic) bond motifs is 4. The van der Waals surface area contributed by atoms with E-state index >= 15 is 0 Å². The molecular weight excluding hydrogens is 456 g/mol. The van der Waals surface area contributed by atoms with Crippen LogP contribution in [0.5, 0.6) is 0 Å². The van der Waals surface area contributed by atoms with Crippen molar-refractivity contribution >= 4 is 23.2 Å². The number of amides is 1. The van der Waals surface area contributed by atoms with Crippen molar-refractivity contribution in [2.75, 3.05) is 43.1 Å². The van der Waals surface area contributed by atoms with Crippen LogP contribution in [0.25, 0.3) is 11.3 Å². The van der Waals surface area contributed by atoms with Crippen molar-refractivity contribution < 1.29 is 14.6 Å². The molecule has 5 heterocycles. The second-order valence-corrected chi connectivity index (χ2v) is 9.58. The van der Waals surface area contributed by atoms with E-state index in [9.17, 15) is 9.90 Å². The highest BCUT2D eigenvalue weighted by molar-refractivity contribution is 5.82. The Hall–Kier alpha value is -3.53. The first kappa shape index (κ1) is 22.9. The van der Waals surface area contributed by atoms with Crippen LogP contribution in [0.4, 0.5) is 17.3 Å². The van der Waals surface area contributed by atoms with E-state index in [1.165, 1.54) is 0 Å². The van der Waals surface area contributed by atoms with Gasteiger partial charge in [0.25, 0.3) is 0 Å². The average Bonchev–Trinajstić information content (AvgIpc) is 3.28. The van der Waals surface area contributed by atoms with Crippen molar-refractivity contribution in [3.8, 4) is 11.3 Å². The van der Waals surface area contributed by atoms with Gasteiger partial charge in [-0.05, 0) is 41.8 Å². The Labute approximate surface area is 210 Å². The highest BCUT2D eigenvalue weighted by atomic mass is 16.5. The molecule has 9 heteroatoms. The minimum atomic E-state index is -0.532. The van der Waals surface area contributed by atoms with Crippen LogP contribution in [0.3, 0.4) is 0 Å². The molecule has 2 saturated heterocycles. The number of aliphatic hydroxyl groups is 1. The van der Waals surface area contributed by atoms with Gasteiger partial charge >= 0.3 is 0 Å². The molecule has 4 aliphatic rings. The summed E-state index contributed by atoms with van der Waals surface area (Å²) in [4.78, 5) is 26.8. The molecule has 0 spiro atoms. The summed E-state index contributed by atoms with van der Waals surface area (Å²) in [5.74, 6) is 0.469. The van der Waals surface area contributed by atoms with Crippen LogP contribution >= 0.6 is 0 Å². The van der Waals surface area contributed by atoms with Crippen LogP contribution in [-0.4, -0.2) is 70.9 Å². The molecule has 2 atom stereocenters. The van der Waals surface area contributed by atoms with E-state index in [4.69, 9.17) is 9.72 Å². The first-order chi connectivity index (χ1) is 17.6. The summed E-state index contributed by atoms with van der Waals surface area (Å²) in [7, 11) is 0. The smallest absolute Gasteiger partial charge is 0.237 e. The number of rotatable bonds is 1. The topological polar surface area (TPSA) is 103 Å². The summed E-state index contributed by atoms with van der Waals surface area (Å²) in [6, 6.07) is 15.8. The van der Waals surface area contributed by atoms with Crippen molar-refractivity contribution in [3.05, 3.63) is 65.9 Å². The van der Waals surface area contributed by atoms with Gasteiger partial charge < -0.3 is 25.4 Å². The minimum Gasteiger partial charge on any atom is -0.392 e. The normalized spacial score (nSPS) is 22.5. The van der Waals surface area contributed by atoms with Gasteiger partial charge in [-0.15, -0.1) is 0 Å². The number of nitrogens with zero attached hydrogens (tertiary/aromatic N) is 4. The fourth-order valence-electron chi connectivity index (χ4n) is 5.26. The Kier molecular flexibility index (Phi) is 6.27. The maximum absolute atomic E-state index is 13.2. The highest BCUT2D eigenvalue weighted by Crippen LogP contribution is 2.31. The third kappa shape index (κ3) is 4.77. The molecule has 36 heavy (non-hydrogen) atoms. The summed E-state index contributed by atoms with van der Waals surface area (Å²) in [5.41, 5.74) is 5.89. The maximum Gasteiger partial charge on any atom is 0.237 e. The quantitative estimate of drug-likeness (QED) is 0.482. The molecule has 9 nitrogen and oxygen atoms in total. The number of carbonyl (C=O) groups excluding carboxylic acids is 1. The number of benzene rings is 2. The molecule has 1 aromatic heterocycles. The molecule has 4 aliphatic heterocycles. The molecule has 0 saturated carbocycles. The van der Waals surface area contributed by atoms with E-state index in [1.807, 2.05) is 36.4 Å². The van der Waals surface area contributed by atoms with Crippen LogP contribution < -0.4 is 15.5 Å². The molecule has 2 fully saturated rings. The molecule has 0 unspecified atom stereocenters. The Bertz CT molecular complexity index is 1240. The first-order valence-corrected chi connectivity index (χ1v) is 12.5. The van der Waals surface area contributed by atoms with Gasteiger partial charge in [-0.3, -0.25) is 9.69 Å². The molecule has 3 N–H and O–H groups in total. The predicted octanol–water partition coefficient (Wildman–Crippen LogP) is 2.29. The SMILES string of the molecule is O=C1NCc2ccc(cc2)-c2ccnc(n2)Nc2ccc(N3CCOCC3)c(c2)CN2C[C@H](O)C[C@@H]12. The summed E-state index contributed by atoms with van der Waals surface area (Å²) >= 11 is 0. The lowest BCUT2D eigenvalue weighted by atomic mass is 10.1. The molecule has 7 rings (SSSR count). The van der Waals surface area contributed by atoms with Gasteiger partial charge in [-0.1, -0.05) is 24.3 Å². The minimum absolute atomic E-state index is 0.0559. The molecule has 0 radical (unpaired) electrons. The van der Waals surface area contributed by atoms with E-state index in [0.29, 0.717) is 45.2 Å². The fourth-order valence-corrected chi connectivity index (χ4v) is 5.26. The Morgan fingerprint density at radius 2 is 1.89 bits per heavy atom. The van der Waals surface area contributed by atoms with E-state index in [-0.39, 0.29) is 11.9 Å². The number of hydrogen-bond acceptors (Lipinski definition) is 8. The van der Waals surface area contributed by atoms with Crippen molar-refractivity contribution in [3.63, 3.8) is 0 Å². The zero-order chi connectivity index (χ0) is 24.5. The number of aliphatic hydroxyl groups excluding tert-OH is 1. The molecule has 0 aliphatic carbocycles. The molecule has 6 bridgehead atoms. The Morgan fingerprint density at radius 3 is 2.72 bits per heavy atom. The third-order valence-electron chi connectivity index (χ3n) is 7.12. The standard InChI is InChI=1S/C27H30N6O3/c34-22-14-25-26(35)29-15-18-1-3-19(4-2-18)23-7-8-28-27(31-23)30-21-5-6-24(32-9-11-36-12-10-32)20(13-21)16-33(25)17-22/h1-8,13,22,25,34H,9-12,14-17H2,(H,29,35)(H,28,30,31)/t22-,25+/m1/s1. The predicted molar refractivity (Wildman–Crippen MR) is 137 cm³/mol. The number of nitrogens with one attached hydrogen (secondary N) is 2. The Balaban J connectivity index is 1.41. The van der Waals surface area contributed by atoms with Crippen LogP contribution in [0.2, 0.25) is 0 Å². The molecule has 1 amide bonds. The first-order valence-electron chi connectivity index (χ1n) is 12.5. The van der Waals surface area contributed by atoms with Crippen LogP contribution in [0.15, 0.2) is 54.7 Å². The number of anilines is 3. The number of carbonyl (C=O) groups is 1. The van der Waals surface area contributed by atoms with E-state index in [1.54, 1.807) is 6.20 Å². The highest BCUT2D eigenvalue weighted by Gasteiger charge is 2.36. The van der Waals surface area contributed by atoms with Crippen molar-refractivity contribution in [1.29, 1.82) is 0 Å². The van der Waals surface area contributed by atoms with Gasteiger partial charge in [-0.2, -0.15) is 0 Å². The summed E-state index contributed by atoms with van der Waals surface area (Å²) < 4.78 is 5.57. The molecule has 2 aromatic carbocycles. The van der Waals surface area contributed by atoms with Crippen LogP contribution in [0.1, 0.15) is 17.5 Å². The van der Waals surface area contributed by atoms with Crippen molar-refractivity contribution in [1.82, 2.24) is 20.2 Å². The molecular formula is C27H30N6O3. The monoisotopic (exact) mass is 486 g/mol. The van der Waals surface area contributed by atoms with Crippen molar-refractivity contribution in [2.24, 2.45) is 0 Å². The van der Waals surface area contributed by atoms with Gasteiger partial charge in [0.15, 0.2) is 0 Å². The third-order valence-corrected chi connectivity index (χ3v) is 7.12. The van der Waals surface area contributed by atoms with Crippen LogP contribution in [0, 0.1) is 0 Å². The van der Waals surface area contributed by atoms with Gasteiger partial charge in [0, 0.05) is 55.9 Å². The second-order valence-electron chi connectivity index (χ2n) is 9.58. The largest absolute Gasteiger partial charge is 0.392 e. The number of aromatic nitrogens is 2. The van der Waals surface area contributed by atoms with Crippen molar-refractivity contribution in [2.45, 2.75) is 31.7 Å². The summed E-state index contributed by atoms with van der Waals surface area (Å²) in [6.07, 6.45) is 1.65. The number of hydrogen-bond donors (Lipinski definition) is 3. The van der Waals surface area contributed by atoms with Gasteiger partial charge in [0.2, 0.25) is 11.9 Å². The lowest BCUT2D eigenvalue weighted by molar-refractivity contribution is -0.125. The van der Waals surface area contributed by atoms with E-state index in [0.717, 1.165) is 46.8 Å². The fraction of sp³-hybridized carbons (Fsp3) is 0.370. The number of ether oxygens (including phenoxy) is 1. The van der Waals surface area contributed by atoms with Gasteiger partial charge in [0.1, 0.15) is 0 Å². The average molecular weight is 487 g/mol. The lowest BCUT2D eigenvalue weighted by Crippen LogP contribution is -2.43. The summed E-state index contributed by atoms with van der Waals surface area (Å²) in [5, 5.41) is 16.9. The van der Waals surface area contributed by atoms with E-state index in [2.05, 4.69) is 37.6 Å². The summed E-state index contributed by atoms with van der Waals surface area (Å²) in [6.45, 7) is 4.44. The maximum atomic E-state index is 13.2. The van der Waals surface area contributed by atoms with E-state index < -0.39 is 6.10 Å². The Morgan fingerprint density at radius 1 is 1.06 bits per heavy atom. The number of morpholine rings is 1. The lowest BCUT2D eigenvalue weighted by Gasteiger charge is -2.32. The van der Waals surface area contributed by atoms with Gasteiger partial charge in [-0.25, -0.2) is 9.97 Å². The zero-order valence-corrected chi connectivity index (χ0v) is 20.1. The van der Waals surface area contributed by atoms with Crippen LogP contribution in [-0.2, 0) is 22.6 Å². The zero-order valence-electron chi connectivity index (χ0n) is 20.1. The van der Waals surface area contributed by atoms with Gasteiger partial charge in [0.05, 0.1) is 31.1 Å². The molecule has 186 valence electrons. The molecule has 3 aromatic rings. The second kappa shape index (κ2) is 9.85.